The van der Waals surface area contributed by atoms with E-state index in [0.29, 0.717) is 12.0 Å². The van der Waals surface area contributed by atoms with E-state index in [4.69, 9.17) is 0 Å². The summed E-state index contributed by atoms with van der Waals surface area (Å²) in [5.74, 6) is -0.0400. The molecule has 0 amide bonds. The van der Waals surface area contributed by atoms with Gasteiger partial charge in [0.15, 0.2) is 5.78 Å². The normalized spacial score (nSPS) is 13.5. The first-order valence-electron chi connectivity index (χ1n) is 6.36. The molecule has 1 unspecified atom stereocenters. The van der Waals surface area contributed by atoms with Crippen molar-refractivity contribution in [1.29, 1.82) is 0 Å². The van der Waals surface area contributed by atoms with Crippen molar-refractivity contribution in [2.45, 2.75) is 65.3 Å². The molecule has 0 bridgehead atoms. The van der Waals surface area contributed by atoms with E-state index in [2.05, 4.69) is 6.92 Å². The van der Waals surface area contributed by atoms with E-state index in [0.717, 1.165) is 25.7 Å². The minimum Gasteiger partial charge on any atom is -0.295 e. The average Bonchev–Trinajstić information content (AvgIpc) is 2.27. The van der Waals surface area contributed by atoms with Crippen LogP contribution in [0.3, 0.4) is 0 Å². The van der Waals surface area contributed by atoms with Gasteiger partial charge in [-0.3, -0.25) is 14.9 Å². The fraction of sp³-hybridized carbons (Fsp3) is 0.769. The third-order valence-corrected chi connectivity index (χ3v) is 2.88. The summed E-state index contributed by atoms with van der Waals surface area (Å²) in [6.45, 7) is 5.38. The summed E-state index contributed by atoms with van der Waals surface area (Å²) in [4.78, 5) is 21.8. The lowest BCUT2D eigenvalue weighted by Crippen LogP contribution is -2.20. The molecule has 0 radical (unpaired) electrons. The number of carbonyl (C=O) groups is 1. The topological polar surface area (TPSA) is 60.2 Å². The second kappa shape index (κ2) is 8.90. The molecule has 17 heavy (non-hydrogen) atoms. The summed E-state index contributed by atoms with van der Waals surface area (Å²) in [7, 11) is 0. The highest BCUT2D eigenvalue weighted by Crippen LogP contribution is 2.14. The summed E-state index contributed by atoms with van der Waals surface area (Å²) in [5.41, 5.74) is 0.615. The Balaban J connectivity index is 4.41. The van der Waals surface area contributed by atoms with Gasteiger partial charge in [-0.05, 0) is 25.3 Å². The largest absolute Gasteiger partial charge is 0.295 e. The number of hydrogen-bond acceptors (Lipinski definition) is 3. The molecule has 0 aliphatic heterocycles. The highest BCUT2D eigenvalue weighted by atomic mass is 16.6. The Kier molecular flexibility index (Phi) is 8.28. The molecule has 0 saturated heterocycles. The molecule has 4 heteroatoms. The molecule has 4 nitrogen and oxygen atoms in total. The monoisotopic (exact) mass is 241 g/mol. The standard InChI is InChI=1S/C13H23NO3/c1-4-6-7-8-9-12(11(3)15)10-13(5-2)14(16)17/h9,13H,4-8,10H2,1-3H3/b12-9+. The number of ketones is 1. The van der Waals surface area contributed by atoms with Gasteiger partial charge in [-0.25, -0.2) is 0 Å². The Morgan fingerprint density at radius 3 is 2.41 bits per heavy atom. The number of nitrogens with zero attached hydrogens (tertiary/aromatic N) is 1. The molecule has 0 saturated carbocycles. The molecule has 0 rings (SSSR count). The average molecular weight is 241 g/mol. The van der Waals surface area contributed by atoms with Crippen LogP contribution in [-0.2, 0) is 4.79 Å². The van der Waals surface area contributed by atoms with Crippen molar-refractivity contribution in [2.24, 2.45) is 0 Å². The number of hydrogen-bond donors (Lipinski definition) is 0. The fourth-order valence-electron chi connectivity index (χ4n) is 1.66. The van der Waals surface area contributed by atoms with Crippen LogP contribution in [0, 0.1) is 10.1 Å². The maximum atomic E-state index is 11.4. The van der Waals surface area contributed by atoms with Crippen molar-refractivity contribution >= 4 is 5.78 Å². The second-order valence-electron chi connectivity index (χ2n) is 4.33. The molecular weight excluding hydrogens is 218 g/mol. The van der Waals surface area contributed by atoms with E-state index in [1.807, 2.05) is 6.08 Å². The maximum Gasteiger partial charge on any atom is 0.217 e. The Bertz CT molecular complexity index is 284. The Morgan fingerprint density at radius 1 is 1.35 bits per heavy atom. The van der Waals surface area contributed by atoms with Crippen LogP contribution in [0.5, 0.6) is 0 Å². The van der Waals surface area contributed by atoms with E-state index in [-0.39, 0.29) is 17.1 Å². The van der Waals surface area contributed by atoms with Gasteiger partial charge < -0.3 is 0 Å². The molecular formula is C13H23NO3. The molecule has 0 aromatic heterocycles. The van der Waals surface area contributed by atoms with E-state index >= 15 is 0 Å². The molecule has 98 valence electrons. The smallest absolute Gasteiger partial charge is 0.217 e. The highest BCUT2D eigenvalue weighted by molar-refractivity contribution is 5.93. The van der Waals surface area contributed by atoms with E-state index < -0.39 is 6.04 Å². The van der Waals surface area contributed by atoms with E-state index in [9.17, 15) is 14.9 Å². The van der Waals surface area contributed by atoms with Crippen LogP contribution in [-0.4, -0.2) is 16.7 Å². The number of Topliss-reactive ketones (excluding diaryl/α,β-unsaturated/α-hetero) is 1. The Morgan fingerprint density at radius 2 is 2.00 bits per heavy atom. The predicted molar refractivity (Wildman–Crippen MR) is 68.6 cm³/mol. The van der Waals surface area contributed by atoms with Gasteiger partial charge in [-0.15, -0.1) is 0 Å². The zero-order valence-corrected chi connectivity index (χ0v) is 11.1. The predicted octanol–water partition coefficient (Wildman–Crippen LogP) is 3.53. The van der Waals surface area contributed by atoms with Crippen molar-refractivity contribution in [3.63, 3.8) is 0 Å². The van der Waals surface area contributed by atoms with Crippen LogP contribution < -0.4 is 0 Å². The van der Waals surface area contributed by atoms with Crippen molar-refractivity contribution in [2.75, 3.05) is 0 Å². The fourth-order valence-corrected chi connectivity index (χ4v) is 1.66. The van der Waals surface area contributed by atoms with Crippen molar-refractivity contribution in [3.05, 3.63) is 21.8 Å². The zero-order chi connectivity index (χ0) is 13.3. The highest BCUT2D eigenvalue weighted by Gasteiger charge is 2.20. The van der Waals surface area contributed by atoms with Crippen LogP contribution in [0.25, 0.3) is 0 Å². The van der Waals surface area contributed by atoms with Gasteiger partial charge in [-0.2, -0.15) is 0 Å². The molecule has 0 spiro atoms. The number of carbonyl (C=O) groups excluding carboxylic acids is 1. The molecule has 0 aliphatic rings. The number of allylic oxidation sites excluding steroid dienone is 1. The first-order chi connectivity index (χ1) is 8.02. The minimum atomic E-state index is -0.628. The van der Waals surface area contributed by atoms with Gasteiger partial charge >= 0.3 is 0 Å². The number of nitro groups is 1. The summed E-state index contributed by atoms with van der Waals surface area (Å²) < 4.78 is 0. The minimum absolute atomic E-state index is 0.0400. The summed E-state index contributed by atoms with van der Waals surface area (Å²) >= 11 is 0. The maximum absolute atomic E-state index is 11.4. The van der Waals surface area contributed by atoms with Crippen LogP contribution in [0.2, 0.25) is 0 Å². The third kappa shape index (κ3) is 6.87. The van der Waals surface area contributed by atoms with Crippen molar-refractivity contribution in [1.82, 2.24) is 0 Å². The molecule has 0 N–H and O–H groups in total. The number of unbranched alkanes of at least 4 members (excludes halogenated alkanes) is 3. The third-order valence-electron chi connectivity index (χ3n) is 2.88. The lowest BCUT2D eigenvalue weighted by Gasteiger charge is -2.08. The van der Waals surface area contributed by atoms with Gasteiger partial charge in [-0.1, -0.05) is 32.8 Å². The van der Waals surface area contributed by atoms with Crippen LogP contribution in [0.15, 0.2) is 11.6 Å². The Labute approximate surface area is 103 Å². The molecule has 0 heterocycles. The van der Waals surface area contributed by atoms with Crippen LogP contribution >= 0.6 is 0 Å². The van der Waals surface area contributed by atoms with Gasteiger partial charge in [0.05, 0.1) is 0 Å². The second-order valence-corrected chi connectivity index (χ2v) is 4.33. The van der Waals surface area contributed by atoms with E-state index in [1.165, 1.54) is 6.92 Å². The van der Waals surface area contributed by atoms with Gasteiger partial charge in [0, 0.05) is 17.8 Å². The van der Waals surface area contributed by atoms with E-state index in [1.54, 1.807) is 6.92 Å². The van der Waals surface area contributed by atoms with Crippen LogP contribution in [0.1, 0.15) is 59.3 Å². The summed E-state index contributed by atoms with van der Waals surface area (Å²) in [5, 5.41) is 10.7. The van der Waals surface area contributed by atoms with Gasteiger partial charge in [0.2, 0.25) is 6.04 Å². The molecule has 0 aromatic rings. The summed E-state index contributed by atoms with van der Waals surface area (Å²) in [6, 6.07) is -0.628. The molecule has 1 atom stereocenters. The first kappa shape index (κ1) is 15.8. The number of rotatable bonds is 9. The SMILES string of the molecule is CCCCC/C=C(\CC(CC)[N+](=O)[O-])C(C)=O. The quantitative estimate of drug-likeness (QED) is 0.268. The zero-order valence-electron chi connectivity index (χ0n) is 11.1. The lowest BCUT2D eigenvalue weighted by molar-refractivity contribution is -0.522. The van der Waals surface area contributed by atoms with Gasteiger partial charge in [0.1, 0.15) is 0 Å². The van der Waals surface area contributed by atoms with Gasteiger partial charge in [0.25, 0.3) is 0 Å². The summed E-state index contributed by atoms with van der Waals surface area (Å²) in [6.07, 6.45) is 6.77. The van der Waals surface area contributed by atoms with Crippen LogP contribution in [0.4, 0.5) is 0 Å². The van der Waals surface area contributed by atoms with Crippen molar-refractivity contribution in [3.8, 4) is 0 Å². The molecule has 0 aliphatic carbocycles. The molecule has 0 aromatic carbocycles. The molecule has 0 fully saturated rings. The lowest BCUT2D eigenvalue weighted by atomic mass is 10.00. The first-order valence-corrected chi connectivity index (χ1v) is 6.36. The van der Waals surface area contributed by atoms with Crippen molar-refractivity contribution < 1.29 is 9.72 Å². The Hall–Kier alpha value is -1.19.